The van der Waals surface area contributed by atoms with Gasteiger partial charge in [-0.2, -0.15) is 5.26 Å². The molecule has 7 nitrogen and oxygen atoms in total. The number of nitrogens with two attached hydrogens (primary N) is 1. The number of nitriles is 1. The smallest absolute Gasteiger partial charge is 0.225 e. The Bertz CT molecular complexity index is 519. The van der Waals surface area contributed by atoms with Gasteiger partial charge in [0.05, 0.1) is 25.5 Å². The van der Waals surface area contributed by atoms with E-state index < -0.39 is 16.9 Å². The summed E-state index contributed by atoms with van der Waals surface area (Å²) in [5.41, 5.74) is 3.67. The fraction of sp³-hybridized carbons (Fsp3) is 0.667. The van der Waals surface area contributed by atoms with Crippen LogP contribution >= 0.6 is 0 Å². The Labute approximate surface area is 129 Å². The number of carbonyl (C=O) groups is 3. The van der Waals surface area contributed by atoms with Crippen molar-refractivity contribution in [2.45, 2.75) is 50.5 Å². The van der Waals surface area contributed by atoms with E-state index in [0.29, 0.717) is 12.8 Å². The van der Waals surface area contributed by atoms with Crippen molar-refractivity contribution in [2.75, 3.05) is 6.54 Å². The van der Waals surface area contributed by atoms with Gasteiger partial charge in [-0.1, -0.05) is 19.3 Å². The second-order valence-electron chi connectivity index (χ2n) is 6.25. The van der Waals surface area contributed by atoms with Gasteiger partial charge in [0.2, 0.25) is 17.7 Å². The summed E-state index contributed by atoms with van der Waals surface area (Å²) in [5, 5.41) is 14.3. The topological polar surface area (TPSA) is 125 Å². The molecule has 1 atom stereocenters. The zero-order valence-corrected chi connectivity index (χ0v) is 12.5. The summed E-state index contributed by atoms with van der Waals surface area (Å²) in [5.74, 6) is -1.07. The van der Waals surface area contributed by atoms with E-state index in [9.17, 15) is 19.6 Å². The highest BCUT2D eigenvalue weighted by Crippen LogP contribution is 2.39. The molecule has 119 valence electrons. The molecule has 2 aliphatic rings. The van der Waals surface area contributed by atoms with Crippen molar-refractivity contribution < 1.29 is 14.4 Å². The highest BCUT2D eigenvalue weighted by Gasteiger charge is 2.42. The first-order chi connectivity index (χ1) is 10.4. The molecule has 2 fully saturated rings. The highest BCUT2D eigenvalue weighted by molar-refractivity contribution is 5.90. The van der Waals surface area contributed by atoms with E-state index in [1.54, 1.807) is 0 Å². The van der Waals surface area contributed by atoms with Gasteiger partial charge in [0.15, 0.2) is 5.54 Å². The molecule has 0 aromatic carbocycles. The average molecular weight is 305 g/mol. The molecule has 1 saturated carbocycles. The van der Waals surface area contributed by atoms with Crippen LogP contribution in [0.2, 0.25) is 0 Å². The Morgan fingerprint density at radius 2 is 2.05 bits per heavy atom. The molecule has 0 bridgehead atoms. The Kier molecular flexibility index (Phi) is 4.69. The molecule has 3 amide bonds. The van der Waals surface area contributed by atoms with Crippen molar-refractivity contribution in [2.24, 2.45) is 11.1 Å². The van der Waals surface area contributed by atoms with E-state index in [-0.39, 0.29) is 31.2 Å². The molecule has 2 rings (SSSR count). The van der Waals surface area contributed by atoms with Gasteiger partial charge in [0.25, 0.3) is 0 Å². The third-order valence-corrected chi connectivity index (χ3v) is 4.64. The first-order valence-electron chi connectivity index (χ1n) is 7.55. The van der Waals surface area contributed by atoms with Crippen molar-refractivity contribution in [1.29, 1.82) is 5.26 Å². The summed E-state index contributed by atoms with van der Waals surface area (Å²) in [6.45, 7) is 0.100. The standard InChI is InChI=1S/C15H21N4O3/c16-9-15(8-12(21)18-10-15)19-11(20)4-7-14(13(17)22)5-2-1-3-6-14/h4H,1-3,5-8,10H2,(H2,17,22)(H,18,21)(H,19,20). The van der Waals surface area contributed by atoms with Crippen LogP contribution in [0.4, 0.5) is 0 Å². The monoisotopic (exact) mass is 305 g/mol. The maximum Gasteiger partial charge on any atom is 0.225 e. The van der Waals surface area contributed by atoms with Gasteiger partial charge < -0.3 is 16.4 Å². The quantitative estimate of drug-likeness (QED) is 0.656. The molecule has 0 aromatic rings. The molecule has 22 heavy (non-hydrogen) atoms. The van der Waals surface area contributed by atoms with Crippen LogP contribution in [0.5, 0.6) is 0 Å². The van der Waals surface area contributed by atoms with Crippen molar-refractivity contribution in [3.63, 3.8) is 0 Å². The van der Waals surface area contributed by atoms with Gasteiger partial charge in [-0.15, -0.1) is 0 Å². The maximum absolute atomic E-state index is 12.1. The normalized spacial score (nSPS) is 26.8. The van der Waals surface area contributed by atoms with Crippen LogP contribution in [-0.2, 0) is 14.4 Å². The number of nitrogens with zero attached hydrogens (tertiary/aromatic N) is 1. The minimum atomic E-state index is -1.20. The van der Waals surface area contributed by atoms with Crippen molar-refractivity contribution in [1.82, 2.24) is 10.6 Å². The first kappa shape index (κ1) is 16.3. The second-order valence-corrected chi connectivity index (χ2v) is 6.25. The van der Waals surface area contributed by atoms with E-state index in [2.05, 4.69) is 10.6 Å². The van der Waals surface area contributed by atoms with E-state index in [0.717, 1.165) is 19.3 Å². The molecule has 0 spiro atoms. The van der Waals surface area contributed by atoms with E-state index in [4.69, 9.17) is 5.73 Å². The molecule has 7 heteroatoms. The zero-order chi connectivity index (χ0) is 16.2. The molecular formula is C15H21N4O3. The van der Waals surface area contributed by atoms with E-state index in [1.165, 1.54) is 6.42 Å². The summed E-state index contributed by atoms with van der Waals surface area (Å²) >= 11 is 0. The number of rotatable bonds is 5. The lowest BCUT2D eigenvalue weighted by Gasteiger charge is -2.34. The lowest BCUT2D eigenvalue weighted by Crippen LogP contribution is -2.49. The third-order valence-electron chi connectivity index (χ3n) is 4.64. The molecule has 0 aromatic heterocycles. The fourth-order valence-electron chi connectivity index (χ4n) is 3.20. The predicted molar refractivity (Wildman–Crippen MR) is 77.7 cm³/mol. The van der Waals surface area contributed by atoms with Crippen molar-refractivity contribution in [3.05, 3.63) is 6.42 Å². The van der Waals surface area contributed by atoms with Crippen LogP contribution in [0.15, 0.2) is 0 Å². The summed E-state index contributed by atoms with van der Waals surface area (Å²) < 4.78 is 0. The molecule has 1 unspecified atom stereocenters. The molecule has 1 saturated heterocycles. The number of hydrogen-bond acceptors (Lipinski definition) is 4. The molecule has 1 heterocycles. The van der Waals surface area contributed by atoms with Crippen LogP contribution < -0.4 is 16.4 Å². The van der Waals surface area contributed by atoms with Crippen LogP contribution in [-0.4, -0.2) is 29.8 Å². The van der Waals surface area contributed by atoms with Gasteiger partial charge in [-0.3, -0.25) is 14.4 Å². The van der Waals surface area contributed by atoms with Crippen LogP contribution in [0.25, 0.3) is 0 Å². The minimum Gasteiger partial charge on any atom is -0.369 e. The molecule has 1 radical (unpaired) electrons. The zero-order valence-electron chi connectivity index (χ0n) is 12.5. The van der Waals surface area contributed by atoms with Crippen molar-refractivity contribution >= 4 is 17.7 Å². The summed E-state index contributed by atoms with van der Waals surface area (Å²) in [7, 11) is 0. The van der Waals surface area contributed by atoms with Crippen LogP contribution in [0.3, 0.4) is 0 Å². The van der Waals surface area contributed by atoms with Crippen molar-refractivity contribution in [3.8, 4) is 6.07 Å². The summed E-state index contributed by atoms with van der Waals surface area (Å²) in [4.78, 5) is 35.1. The van der Waals surface area contributed by atoms with Crippen LogP contribution in [0.1, 0.15) is 44.9 Å². The number of primary amides is 1. The van der Waals surface area contributed by atoms with Gasteiger partial charge in [-0.05, 0) is 19.3 Å². The number of hydrogen-bond donors (Lipinski definition) is 3. The van der Waals surface area contributed by atoms with Gasteiger partial charge in [0.1, 0.15) is 0 Å². The highest BCUT2D eigenvalue weighted by atomic mass is 16.2. The lowest BCUT2D eigenvalue weighted by atomic mass is 9.70. The first-order valence-corrected chi connectivity index (χ1v) is 7.55. The summed E-state index contributed by atoms with van der Waals surface area (Å²) in [6, 6.07) is 1.98. The van der Waals surface area contributed by atoms with Gasteiger partial charge >= 0.3 is 0 Å². The number of nitrogens with one attached hydrogen (secondary N) is 2. The van der Waals surface area contributed by atoms with E-state index in [1.807, 2.05) is 6.07 Å². The largest absolute Gasteiger partial charge is 0.369 e. The maximum atomic E-state index is 12.1. The third kappa shape index (κ3) is 3.38. The van der Waals surface area contributed by atoms with Crippen LogP contribution in [0, 0.1) is 23.2 Å². The second kappa shape index (κ2) is 6.34. The molecule has 1 aliphatic heterocycles. The Morgan fingerprint density at radius 3 is 2.55 bits per heavy atom. The van der Waals surface area contributed by atoms with Gasteiger partial charge in [0, 0.05) is 5.41 Å². The minimum absolute atomic E-state index is 0.0515. The lowest BCUT2D eigenvalue weighted by molar-refractivity contribution is -0.130. The molecular weight excluding hydrogens is 284 g/mol. The fourth-order valence-corrected chi connectivity index (χ4v) is 3.20. The molecule has 4 N–H and O–H groups in total. The van der Waals surface area contributed by atoms with E-state index >= 15 is 0 Å². The Morgan fingerprint density at radius 1 is 1.36 bits per heavy atom. The number of carbonyl (C=O) groups excluding carboxylic acids is 3. The molecule has 1 aliphatic carbocycles. The predicted octanol–water partition coefficient (Wildman–Crippen LogP) is -0.0849. The Balaban J connectivity index is 1.93. The Hall–Kier alpha value is -2.10. The van der Waals surface area contributed by atoms with Gasteiger partial charge in [-0.25, -0.2) is 0 Å². The number of amides is 3. The average Bonchev–Trinajstić information content (AvgIpc) is 2.87. The SMILES string of the molecule is N#CC1(NC(=O)[CH]CC2(C(N)=O)CCCCC2)CNC(=O)C1. The summed E-state index contributed by atoms with van der Waals surface area (Å²) in [6.07, 6.45) is 5.93.